The van der Waals surface area contributed by atoms with Crippen LogP contribution >= 0.6 is 0 Å². The summed E-state index contributed by atoms with van der Waals surface area (Å²) in [7, 11) is 1.67. The molecule has 0 unspecified atom stereocenters. The number of likely N-dealkylation sites (tertiary alicyclic amines) is 1. The second kappa shape index (κ2) is 11.4. The number of hydrogen-bond donors (Lipinski definition) is 2. The molecule has 0 bridgehead atoms. The molecule has 2 aromatic carbocycles. The van der Waals surface area contributed by atoms with Crippen LogP contribution in [0.1, 0.15) is 40.7 Å². The Labute approximate surface area is 215 Å². The third-order valence-electron chi connectivity index (χ3n) is 7.17. The van der Waals surface area contributed by atoms with Crippen molar-refractivity contribution in [1.82, 2.24) is 15.5 Å². The molecule has 2 fully saturated rings. The Hall–Kier alpha value is -3.27. The molecule has 0 radical (unpaired) electrons. The van der Waals surface area contributed by atoms with E-state index in [9.17, 15) is 22.8 Å². The van der Waals surface area contributed by atoms with Crippen LogP contribution in [0.3, 0.4) is 0 Å². The number of rotatable bonds is 7. The highest BCUT2D eigenvalue weighted by Gasteiger charge is 2.32. The van der Waals surface area contributed by atoms with Crippen LogP contribution in [0.15, 0.2) is 42.5 Å². The molecule has 0 spiro atoms. The first-order valence-electron chi connectivity index (χ1n) is 12.5. The minimum atomic E-state index is -4.53. The highest BCUT2D eigenvalue weighted by atomic mass is 19.4. The Morgan fingerprint density at radius 3 is 2.49 bits per heavy atom. The van der Waals surface area contributed by atoms with Crippen LogP contribution in [0.4, 0.5) is 18.9 Å². The Morgan fingerprint density at radius 1 is 1.05 bits per heavy atom. The van der Waals surface area contributed by atoms with Crippen molar-refractivity contribution in [3.63, 3.8) is 0 Å². The fourth-order valence-electron chi connectivity index (χ4n) is 5.20. The molecule has 7 nitrogen and oxygen atoms in total. The lowest BCUT2D eigenvalue weighted by molar-refractivity contribution is -0.137. The van der Waals surface area contributed by atoms with Gasteiger partial charge in [0.1, 0.15) is 5.75 Å². The topological polar surface area (TPSA) is 73.9 Å². The zero-order chi connectivity index (χ0) is 26.6. The number of methoxy groups -OCH3 is 1. The van der Waals surface area contributed by atoms with E-state index in [0.29, 0.717) is 6.04 Å². The number of carbonyl (C=O) groups is 2. The smallest absolute Gasteiger partial charge is 0.416 e. The van der Waals surface area contributed by atoms with E-state index in [0.717, 1.165) is 63.3 Å². The standard InChI is InChI=1S/C27H33F3N4O3/c1-18-14-23(37-2)6-7-24(18)33-12-9-22(10-13-33)34-11-8-21(17-34)32-25(35)16-31-26(36)19-4-3-5-20(15-19)27(28,29)30/h3-7,14-15,21-22H,8-13,16-17H2,1-2H3,(H,31,36)(H,32,35)/t21-/m1/s1. The number of piperidine rings is 1. The molecule has 0 aliphatic carbocycles. The van der Waals surface area contributed by atoms with Gasteiger partial charge in [0, 0.05) is 49.5 Å². The number of amides is 2. The van der Waals surface area contributed by atoms with E-state index in [1.54, 1.807) is 7.11 Å². The molecule has 4 rings (SSSR count). The average Bonchev–Trinajstić information content (AvgIpc) is 3.35. The maximum absolute atomic E-state index is 12.9. The zero-order valence-corrected chi connectivity index (χ0v) is 21.1. The first-order valence-corrected chi connectivity index (χ1v) is 12.5. The van der Waals surface area contributed by atoms with Crippen LogP contribution in [-0.2, 0) is 11.0 Å². The Bertz CT molecular complexity index is 1120. The lowest BCUT2D eigenvalue weighted by Gasteiger charge is -2.38. The van der Waals surface area contributed by atoms with Gasteiger partial charge in [-0.15, -0.1) is 0 Å². The number of benzene rings is 2. The van der Waals surface area contributed by atoms with E-state index in [-0.39, 0.29) is 24.1 Å². The summed E-state index contributed by atoms with van der Waals surface area (Å²) in [6.07, 6.45) is -1.63. The quantitative estimate of drug-likeness (QED) is 0.586. The van der Waals surface area contributed by atoms with Gasteiger partial charge >= 0.3 is 6.18 Å². The molecular formula is C27H33F3N4O3. The molecule has 0 aromatic heterocycles. The molecule has 37 heavy (non-hydrogen) atoms. The van der Waals surface area contributed by atoms with Gasteiger partial charge in [0.15, 0.2) is 0 Å². The average molecular weight is 519 g/mol. The van der Waals surface area contributed by atoms with E-state index in [1.807, 2.05) is 6.07 Å². The van der Waals surface area contributed by atoms with Crippen molar-refractivity contribution in [2.75, 3.05) is 44.7 Å². The van der Waals surface area contributed by atoms with Crippen molar-refractivity contribution < 1.29 is 27.5 Å². The summed E-state index contributed by atoms with van der Waals surface area (Å²) in [5, 5.41) is 5.36. The van der Waals surface area contributed by atoms with E-state index in [1.165, 1.54) is 23.4 Å². The van der Waals surface area contributed by atoms with Gasteiger partial charge in [-0.1, -0.05) is 6.07 Å². The van der Waals surface area contributed by atoms with Gasteiger partial charge in [-0.05, 0) is 68.1 Å². The number of hydrogen-bond acceptors (Lipinski definition) is 5. The third kappa shape index (κ3) is 6.74. The fraction of sp³-hybridized carbons (Fsp3) is 0.481. The summed E-state index contributed by atoms with van der Waals surface area (Å²) >= 11 is 0. The predicted molar refractivity (Wildman–Crippen MR) is 135 cm³/mol. The summed E-state index contributed by atoms with van der Waals surface area (Å²) in [6, 6.07) is 10.7. The minimum Gasteiger partial charge on any atom is -0.497 e. The number of nitrogens with zero attached hydrogens (tertiary/aromatic N) is 2. The van der Waals surface area contributed by atoms with Gasteiger partial charge < -0.3 is 20.3 Å². The van der Waals surface area contributed by atoms with E-state index < -0.39 is 17.6 Å². The molecule has 2 heterocycles. The number of alkyl halides is 3. The fourth-order valence-corrected chi connectivity index (χ4v) is 5.20. The number of nitrogens with one attached hydrogen (secondary N) is 2. The van der Waals surface area contributed by atoms with Crippen molar-refractivity contribution in [2.24, 2.45) is 0 Å². The summed E-state index contributed by atoms with van der Waals surface area (Å²) in [4.78, 5) is 29.4. The van der Waals surface area contributed by atoms with Crippen LogP contribution in [0.25, 0.3) is 0 Å². The molecule has 10 heteroatoms. The van der Waals surface area contributed by atoms with Crippen LogP contribution in [0.5, 0.6) is 5.75 Å². The molecule has 0 saturated carbocycles. The number of carbonyl (C=O) groups excluding carboxylic acids is 2. The Morgan fingerprint density at radius 2 is 1.81 bits per heavy atom. The van der Waals surface area contributed by atoms with Crippen molar-refractivity contribution in [1.29, 1.82) is 0 Å². The zero-order valence-electron chi connectivity index (χ0n) is 21.1. The van der Waals surface area contributed by atoms with Crippen molar-refractivity contribution >= 4 is 17.5 Å². The van der Waals surface area contributed by atoms with Gasteiger partial charge in [0.05, 0.1) is 19.2 Å². The molecule has 200 valence electrons. The van der Waals surface area contributed by atoms with Gasteiger partial charge in [-0.25, -0.2) is 0 Å². The second-order valence-corrected chi connectivity index (χ2v) is 9.68. The summed E-state index contributed by atoms with van der Waals surface area (Å²) < 4.78 is 43.9. The minimum absolute atomic E-state index is 0.0141. The van der Waals surface area contributed by atoms with Gasteiger partial charge in [-0.2, -0.15) is 13.2 Å². The van der Waals surface area contributed by atoms with Crippen LogP contribution in [0.2, 0.25) is 0 Å². The Balaban J connectivity index is 1.20. The first kappa shape index (κ1) is 26.8. The SMILES string of the molecule is COc1ccc(N2CCC(N3CC[C@@H](NC(=O)CNC(=O)c4cccc(C(F)(F)F)c4)C3)CC2)c(C)c1. The molecule has 2 aliphatic rings. The van der Waals surface area contributed by atoms with Gasteiger partial charge in [0.2, 0.25) is 5.91 Å². The maximum Gasteiger partial charge on any atom is 0.416 e. The number of anilines is 1. The van der Waals surface area contributed by atoms with Gasteiger partial charge in [0.25, 0.3) is 5.91 Å². The summed E-state index contributed by atoms with van der Waals surface area (Å²) in [6.45, 7) is 5.39. The lowest BCUT2D eigenvalue weighted by atomic mass is 10.0. The Kier molecular flexibility index (Phi) is 8.26. The summed E-state index contributed by atoms with van der Waals surface area (Å²) in [5.41, 5.74) is 1.39. The van der Waals surface area contributed by atoms with E-state index in [4.69, 9.17) is 4.74 Å². The molecule has 1 atom stereocenters. The predicted octanol–water partition coefficient (Wildman–Crippen LogP) is 3.61. The number of ether oxygens (including phenoxy) is 1. The first-order chi connectivity index (χ1) is 17.6. The normalized spacial score (nSPS) is 19.1. The molecule has 2 amide bonds. The highest BCUT2D eigenvalue weighted by Crippen LogP contribution is 2.30. The molecule has 2 N–H and O–H groups in total. The molecule has 2 aromatic rings. The lowest BCUT2D eigenvalue weighted by Crippen LogP contribution is -2.46. The monoisotopic (exact) mass is 518 g/mol. The second-order valence-electron chi connectivity index (χ2n) is 9.68. The largest absolute Gasteiger partial charge is 0.497 e. The van der Waals surface area contributed by atoms with E-state index >= 15 is 0 Å². The third-order valence-corrected chi connectivity index (χ3v) is 7.17. The van der Waals surface area contributed by atoms with Crippen LogP contribution < -0.4 is 20.3 Å². The van der Waals surface area contributed by atoms with Crippen LogP contribution in [0, 0.1) is 6.92 Å². The van der Waals surface area contributed by atoms with E-state index in [2.05, 4.69) is 39.5 Å². The maximum atomic E-state index is 12.9. The highest BCUT2D eigenvalue weighted by molar-refractivity contribution is 5.96. The van der Waals surface area contributed by atoms with Crippen LogP contribution in [-0.4, -0.2) is 68.6 Å². The van der Waals surface area contributed by atoms with Gasteiger partial charge in [-0.3, -0.25) is 14.5 Å². The van der Waals surface area contributed by atoms with Crippen molar-refractivity contribution in [3.05, 3.63) is 59.2 Å². The summed E-state index contributed by atoms with van der Waals surface area (Å²) in [5.74, 6) is -0.207. The molecule has 2 saturated heterocycles. The van der Waals surface area contributed by atoms with Crippen molar-refractivity contribution in [3.8, 4) is 5.75 Å². The number of halogens is 3. The molecule has 2 aliphatic heterocycles. The number of aryl methyl sites for hydroxylation is 1. The molecular weight excluding hydrogens is 485 g/mol. The van der Waals surface area contributed by atoms with Crippen molar-refractivity contribution in [2.45, 2.75) is 44.4 Å².